The van der Waals surface area contributed by atoms with E-state index in [9.17, 15) is 13.2 Å². The van der Waals surface area contributed by atoms with Gasteiger partial charge in [-0.1, -0.05) is 19.1 Å². The van der Waals surface area contributed by atoms with E-state index in [0.29, 0.717) is 12.3 Å². The molecule has 0 aliphatic carbocycles. The first-order valence-electron chi connectivity index (χ1n) is 6.41. The van der Waals surface area contributed by atoms with Gasteiger partial charge in [-0.15, -0.1) is 0 Å². The van der Waals surface area contributed by atoms with Gasteiger partial charge in [0.2, 0.25) is 5.91 Å². The Labute approximate surface area is 118 Å². The lowest BCUT2D eigenvalue weighted by atomic mass is 10.0. The number of nitrogens with two attached hydrogens (primary N) is 1. The molecule has 1 heterocycles. The van der Waals surface area contributed by atoms with Crippen LogP contribution in [0, 0.1) is 5.92 Å². The Kier molecular flexibility index (Phi) is 4.42. The third-order valence-electron chi connectivity index (χ3n) is 3.32. The number of benzene rings is 1. The highest BCUT2D eigenvalue weighted by atomic mass is 32.2. The smallest absolute Gasteiger partial charge is 0.231 e. The Balaban J connectivity index is 2.24. The zero-order valence-electron chi connectivity index (χ0n) is 11.2. The molecule has 0 radical (unpaired) electrons. The van der Waals surface area contributed by atoms with Crippen molar-refractivity contribution in [2.24, 2.45) is 11.7 Å². The van der Waals surface area contributed by atoms with E-state index in [4.69, 9.17) is 10.5 Å². The van der Waals surface area contributed by atoms with E-state index in [1.54, 1.807) is 25.1 Å². The van der Waals surface area contributed by atoms with Gasteiger partial charge in [-0.3, -0.25) is 4.79 Å². The van der Waals surface area contributed by atoms with Crippen molar-refractivity contribution in [1.82, 2.24) is 0 Å². The van der Waals surface area contributed by atoms with Gasteiger partial charge in [-0.05, 0) is 12.1 Å². The molecule has 2 atom stereocenters. The molecule has 1 fully saturated rings. The first-order chi connectivity index (χ1) is 9.45. The van der Waals surface area contributed by atoms with E-state index in [1.807, 2.05) is 0 Å². The number of rotatable bonds is 4. The minimum atomic E-state index is -3.39. The predicted molar refractivity (Wildman–Crippen MR) is 75.1 cm³/mol. The van der Waals surface area contributed by atoms with E-state index < -0.39 is 15.8 Å². The van der Waals surface area contributed by atoms with Crippen molar-refractivity contribution < 1.29 is 17.9 Å². The molecule has 0 spiro atoms. The number of hydrogen-bond acceptors (Lipinski definition) is 5. The maximum Gasteiger partial charge on any atom is 0.231 e. The molecule has 0 bridgehead atoms. The van der Waals surface area contributed by atoms with Crippen LogP contribution in [0.3, 0.4) is 0 Å². The second-order valence-electron chi connectivity index (χ2n) is 4.70. The molecule has 1 saturated heterocycles. The van der Waals surface area contributed by atoms with Crippen molar-refractivity contribution in [2.75, 3.05) is 24.3 Å². The van der Waals surface area contributed by atoms with Gasteiger partial charge in [0.05, 0.1) is 35.5 Å². The first-order valence-corrected chi connectivity index (χ1v) is 8.07. The van der Waals surface area contributed by atoms with Crippen LogP contribution in [0.15, 0.2) is 29.2 Å². The van der Waals surface area contributed by atoms with Gasteiger partial charge >= 0.3 is 0 Å². The molecule has 1 aromatic rings. The number of para-hydroxylation sites is 1. The maximum absolute atomic E-state index is 12.1. The van der Waals surface area contributed by atoms with Crippen molar-refractivity contribution in [3.63, 3.8) is 0 Å². The fourth-order valence-corrected chi connectivity index (χ4v) is 3.11. The summed E-state index contributed by atoms with van der Waals surface area (Å²) in [6, 6.07) is 6.00. The van der Waals surface area contributed by atoms with Crippen LogP contribution in [0.2, 0.25) is 0 Å². The quantitative estimate of drug-likeness (QED) is 0.838. The Bertz CT molecular complexity index is 600. The van der Waals surface area contributed by atoms with Crippen molar-refractivity contribution in [3.05, 3.63) is 24.3 Å². The molecule has 2 unspecified atom stereocenters. The highest BCUT2D eigenvalue weighted by Crippen LogP contribution is 2.23. The number of ether oxygens (including phenoxy) is 1. The van der Waals surface area contributed by atoms with Gasteiger partial charge in [0.1, 0.15) is 0 Å². The third kappa shape index (κ3) is 3.00. The largest absolute Gasteiger partial charge is 0.379 e. The zero-order chi connectivity index (χ0) is 14.8. The number of hydrogen-bond donors (Lipinski definition) is 2. The molecule has 6 nitrogen and oxygen atoms in total. The van der Waals surface area contributed by atoms with E-state index >= 15 is 0 Å². The summed E-state index contributed by atoms with van der Waals surface area (Å²) in [5, 5.41) is 2.65. The average Bonchev–Trinajstić information content (AvgIpc) is 2.85. The fraction of sp³-hybridized carbons (Fsp3) is 0.462. The Morgan fingerprint density at radius 1 is 1.40 bits per heavy atom. The summed E-state index contributed by atoms with van der Waals surface area (Å²) >= 11 is 0. The maximum atomic E-state index is 12.1. The molecule has 1 amide bonds. The Morgan fingerprint density at radius 3 is 2.70 bits per heavy atom. The van der Waals surface area contributed by atoms with Crippen LogP contribution < -0.4 is 11.1 Å². The van der Waals surface area contributed by atoms with Gasteiger partial charge in [0.25, 0.3) is 0 Å². The molecule has 1 aliphatic rings. The van der Waals surface area contributed by atoms with Crippen molar-refractivity contribution in [2.45, 2.75) is 17.9 Å². The monoisotopic (exact) mass is 298 g/mol. The zero-order valence-corrected chi connectivity index (χ0v) is 12.0. The Morgan fingerprint density at radius 2 is 2.10 bits per heavy atom. The summed E-state index contributed by atoms with van der Waals surface area (Å²) in [7, 11) is -3.39. The molecule has 110 valence electrons. The topological polar surface area (TPSA) is 98.5 Å². The van der Waals surface area contributed by atoms with Crippen LogP contribution in [-0.2, 0) is 19.4 Å². The van der Waals surface area contributed by atoms with Crippen LogP contribution in [-0.4, -0.2) is 39.3 Å². The molecular formula is C13H18N2O4S. The number of nitrogens with one attached hydrogen (secondary N) is 1. The van der Waals surface area contributed by atoms with Gasteiger partial charge in [-0.2, -0.15) is 0 Å². The number of carbonyl (C=O) groups excluding carboxylic acids is 1. The van der Waals surface area contributed by atoms with Crippen LogP contribution in [0.25, 0.3) is 0 Å². The number of amides is 1. The standard InChI is InChI=1S/C13H18N2O4S/c1-2-20(17,18)12-6-4-3-5-11(12)15-13(16)9-7-19-8-10(9)14/h3-6,9-10H,2,7-8,14H2,1H3,(H,15,16). The molecule has 3 N–H and O–H groups in total. The van der Waals surface area contributed by atoms with Crippen LogP contribution in [0.1, 0.15) is 6.92 Å². The molecule has 2 rings (SSSR count). The summed E-state index contributed by atoms with van der Waals surface area (Å²) in [5.41, 5.74) is 6.07. The number of carbonyl (C=O) groups is 1. The predicted octanol–water partition coefficient (Wildman–Crippen LogP) is 0.392. The summed E-state index contributed by atoms with van der Waals surface area (Å²) in [6.07, 6.45) is 0. The molecular weight excluding hydrogens is 280 g/mol. The molecule has 1 aliphatic heterocycles. The second-order valence-corrected chi connectivity index (χ2v) is 6.94. The number of sulfone groups is 1. The highest BCUT2D eigenvalue weighted by molar-refractivity contribution is 7.91. The van der Waals surface area contributed by atoms with Gasteiger partial charge in [0, 0.05) is 6.04 Å². The summed E-state index contributed by atoms with van der Waals surface area (Å²) in [6.45, 7) is 2.16. The van der Waals surface area contributed by atoms with Gasteiger partial charge in [-0.25, -0.2) is 8.42 Å². The lowest BCUT2D eigenvalue weighted by Crippen LogP contribution is -2.37. The molecule has 7 heteroatoms. The van der Waals surface area contributed by atoms with Gasteiger partial charge in [0.15, 0.2) is 9.84 Å². The van der Waals surface area contributed by atoms with Crippen LogP contribution in [0.5, 0.6) is 0 Å². The SMILES string of the molecule is CCS(=O)(=O)c1ccccc1NC(=O)C1COCC1N. The first kappa shape index (κ1) is 15.0. The van der Waals surface area contributed by atoms with E-state index in [1.165, 1.54) is 6.07 Å². The van der Waals surface area contributed by atoms with Crippen LogP contribution >= 0.6 is 0 Å². The van der Waals surface area contributed by atoms with E-state index in [2.05, 4.69) is 5.32 Å². The van der Waals surface area contributed by atoms with E-state index in [0.717, 1.165) is 0 Å². The molecule has 0 aromatic heterocycles. The lowest BCUT2D eigenvalue weighted by Gasteiger charge is -2.15. The highest BCUT2D eigenvalue weighted by Gasteiger charge is 2.32. The van der Waals surface area contributed by atoms with Crippen molar-refractivity contribution in [3.8, 4) is 0 Å². The minimum absolute atomic E-state index is 0.0219. The van der Waals surface area contributed by atoms with Crippen molar-refractivity contribution in [1.29, 1.82) is 0 Å². The summed E-state index contributed by atoms with van der Waals surface area (Å²) in [4.78, 5) is 12.3. The fourth-order valence-electron chi connectivity index (χ4n) is 2.06. The third-order valence-corrected chi connectivity index (χ3v) is 5.11. The lowest BCUT2D eigenvalue weighted by molar-refractivity contribution is -0.120. The molecule has 0 saturated carbocycles. The Hall–Kier alpha value is -1.44. The minimum Gasteiger partial charge on any atom is -0.379 e. The average molecular weight is 298 g/mol. The van der Waals surface area contributed by atoms with Crippen LogP contribution in [0.4, 0.5) is 5.69 Å². The summed E-state index contributed by atoms with van der Waals surface area (Å²) < 4.78 is 29.1. The number of anilines is 1. The van der Waals surface area contributed by atoms with Crippen molar-refractivity contribution >= 4 is 21.4 Å². The summed E-state index contributed by atoms with van der Waals surface area (Å²) in [5.74, 6) is -0.785. The van der Waals surface area contributed by atoms with Gasteiger partial charge < -0.3 is 15.8 Å². The normalized spacial score (nSPS) is 22.7. The second kappa shape index (κ2) is 5.90. The molecule has 1 aromatic carbocycles. The molecule has 20 heavy (non-hydrogen) atoms. The van der Waals surface area contributed by atoms with E-state index in [-0.39, 0.29) is 29.2 Å².